The molecule has 0 spiro atoms. The largest absolute Gasteiger partial charge is 0.325 e. The lowest BCUT2D eigenvalue weighted by atomic mass is 10.1. The van der Waals surface area contributed by atoms with E-state index in [-0.39, 0.29) is 11.9 Å². The van der Waals surface area contributed by atoms with Gasteiger partial charge in [0.2, 0.25) is 5.91 Å². The fraction of sp³-hybridized carbons (Fsp3) is 0.333. The summed E-state index contributed by atoms with van der Waals surface area (Å²) < 4.78 is 1.01. The molecule has 0 bridgehead atoms. The smallest absolute Gasteiger partial charge is 0.238 e. The minimum atomic E-state index is 0.0104. The van der Waals surface area contributed by atoms with Gasteiger partial charge in [-0.1, -0.05) is 22.0 Å². The zero-order valence-corrected chi connectivity index (χ0v) is 15.2. The van der Waals surface area contributed by atoms with E-state index in [1.54, 1.807) is 6.20 Å². The number of aryl methyl sites for hydroxylation is 1. The first-order valence-corrected chi connectivity index (χ1v) is 8.83. The molecule has 24 heavy (non-hydrogen) atoms. The van der Waals surface area contributed by atoms with Crippen molar-refractivity contribution >= 4 is 27.5 Å². The molecule has 1 aliphatic rings. The summed E-state index contributed by atoms with van der Waals surface area (Å²) in [4.78, 5) is 18.9. The standard InChI is InChI=1S/C18H21BrN4O/c1-13-9-15(19)4-5-16(13)22-18(24)12-23-8-7-21-11-17(23)14-3-2-6-20-10-14/h2-6,9-10,17,21H,7-8,11-12H2,1H3,(H,22,24). The predicted molar refractivity (Wildman–Crippen MR) is 98.9 cm³/mol. The highest BCUT2D eigenvalue weighted by Crippen LogP contribution is 2.22. The fourth-order valence-electron chi connectivity index (χ4n) is 2.98. The van der Waals surface area contributed by atoms with E-state index in [0.717, 1.165) is 40.9 Å². The summed E-state index contributed by atoms with van der Waals surface area (Å²) in [5, 5.41) is 6.41. The number of benzene rings is 1. The number of anilines is 1. The second-order valence-electron chi connectivity index (χ2n) is 5.98. The van der Waals surface area contributed by atoms with Crippen LogP contribution in [0.15, 0.2) is 47.2 Å². The number of nitrogens with one attached hydrogen (secondary N) is 2. The zero-order chi connectivity index (χ0) is 16.9. The lowest BCUT2D eigenvalue weighted by molar-refractivity contribution is -0.118. The number of nitrogens with zero attached hydrogens (tertiary/aromatic N) is 2. The maximum Gasteiger partial charge on any atom is 0.238 e. The van der Waals surface area contributed by atoms with Crippen LogP contribution in [0.25, 0.3) is 0 Å². The van der Waals surface area contributed by atoms with Gasteiger partial charge >= 0.3 is 0 Å². The Balaban J connectivity index is 1.67. The molecule has 3 rings (SSSR count). The van der Waals surface area contributed by atoms with Gasteiger partial charge in [0, 0.05) is 48.2 Å². The molecule has 0 radical (unpaired) electrons. The van der Waals surface area contributed by atoms with Crippen LogP contribution in [0, 0.1) is 6.92 Å². The molecule has 1 aromatic heterocycles. The second-order valence-corrected chi connectivity index (χ2v) is 6.90. The molecule has 1 saturated heterocycles. The Bertz CT molecular complexity index is 707. The zero-order valence-electron chi connectivity index (χ0n) is 13.6. The molecule has 126 valence electrons. The van der Waals surface area contributed by atoms with Crippen LogP contribution in [-0.2, 0) is 4.79 Å². The van der Waals surface area contributed by atoms with E-state index >= 15 is 0 Å². The van der Waals surface area contributed by atoms with Gasteiger partial charge in [-0.2, -0.15) is 0 Å². The molecule has 1 fully saturated rings. The van der Waals surface area contributed by atoms with Gasteiger partial charge in [0.1, 0.15) is 0 Å². The van der Waals surface area contributed by atoms with Crippen LogP contribution in [0.4, 0.5) is 5.69 Å². The van der Waals surface area contributed by atoms with Crippen molar-refractivity contribution in [1.82, 2.24) is 15.2 Å². The van der Waals surface area contributed by atoms with Gasteiger partial charge in [-0.3, -0.25) is 14.7 Å². The molecule has 2 N–H and O–H groups in total. The molecule has 6 heteroatoms. The van der Waals surface area contributed by atoms with Gasteiger partial charge in [0.25, 0.3) is 0 Å². The Kier molecular flexibility index (Phi) is 5.60. The third kappa shape index (κ3) is 4.20. The molecule has 0 saturated carbocycles. The Labute approximate surface area is 150 Å². The predicted octanol–water partition coefficient (Wildman–Crippen LogP) is 2.74. The van der Waals surface area contributed by atoms with Gasteiger partial charge < -0.3 is 10.6 Å². The summed E-state index contributed by atoms with van der Waals surface area (Å²) in [5.74, 6) is 0.0104. The van der Waals surface area contributed by atoms with E-state index < -0.39 is 0 Å². The van der Waals surface area contributed by atoms with Crippen molar-refractivity contribution in [2.24, 2.45) is 0 Å². The number of hydrogen-bond acceptors (Lipinski definition) is 4. The number of rotatable bonds is 4. The van der Waals surface area contributed by atoms with Crippen LogP contribution in [0.3, 0.4) is 0 Å². The highest BCUT2D eigenvalue weighted by Gasteiger charge is 2.25. The summed E-state index contributed by atoms with van der Waals surface area (Å²) in [6.07, 6.45) is 3.65. The molecular weight excluding hydrogens is 368 g/mol. The normalized spacial score (nSPS) is 18.3. The van der Waals surface area contributed by atoms with Gasteiger partial charge in [0.05, 0.1) is 6.54 Å². The topological polar surface area (TPSA) is 57.3 Å². The Hall–Kier alpha value is -1.76. The number of carbonyl (C=O) groups excluding carboxylic acids is 1. The van der Waals surface area contributed by atoms with Crippen molar-refractivity contribution in [3.05, 3.63) is 58.3 Å². The third-order valence-corrected chi connectivity index (χ3v) is 4.73. The minimum absolute atomic E-state index is 0.0104. The number of amides is 1. The molecule has 1 amide bonds. The first-order valence-electron chi connectivity index (χ1n) is 8.04. The van der Waals surface area contributed by atoms with Crippen molar-refractivity contribution in [1.29, 1.82) is 0 Å². The van der Waals surface area contributed by atoms with E-state index in [1.807, 2.05) is 37.4 Å². The van der Waals surface area contributed by atoms with Crippen molar-refractivity contribution in [2.75, 3.05) is 31.5 Å². The summed E-state index contributed by atoms with van der Waals surface area (Å²) >= 11 is 3.44. The van der Waals surface area contributed by atoms with E-state index in [4.69, 9.17) is 0 Å². The van der Waals surface area contributed by atoms with Crippen LogP contribution in [0.5, 0.6) is 0 Å². The Morgan fingerprint density at radius 2 is 2.33 bits per heavy atom. The number of aromatic nitrogens is 1. The number of halogens is 1. The first kappa shape index (κ1) is 17.1. The van der Waals surface area contributed by atoms with Crippen LogP contribution in [0.2, 0.25) is 0 Å². The Morgan fingerprint density at radius 3 is 3.08 bits per heavy atom. The summed E-state index contributed by atoms with van der Waals surface area (Å²) in [5.41, 5.74) is 3.04. The van der Waals surface area contributed by atoms with E-state index in [9.17, 15) is 4.79 Å². The van der Waals surface area contributed by atoms with Crippen molar-refractivity contribution in [3.8, 4) is 0 Å². The first-order chi connectivity index (χ1) is 11.6. The van der Waals surface area contributed by atoms with E-state index in [1.165, 1.54) is 0 Å². The molecule has 1 aromatic carbocycles. The lowest BCUT2D eigenvalue weighted by Crippen LogP contribution is -2.48. The van der Waals surface area contributed by atoms with E-state index in [2.05, 4.69) is 42.5 Å². The molecule has 1 unspecified atom stereocenters. The maximum atomic E-state index is 12.5. The van der Waals surface area contributed by atoms with Crippen molar-refractivity contribution in [3.63, 3.8) is 0 Å². The maximum absolute atomic E-state index is 12.5. The van der Waals surface area contributed by atoms with Crippen molar-refractivity contribution < 1.29 is 4.79 Å². The van der Waals surface area contributed by atoms with Gasteiger partial charge in [0.15, 0.2) is 0 Å². The van der Waals surface area contributed by atoms with Gasteiger partial charge in [-0.15, -0.1) is 0 Å². The monoisotopic (exact) mass is 388 g/mol. The fourth-order valence-corrected chi connectivity index (χ4v) is 3.45. The second kappa shape index (κ2) is 7.88. The minimum Gasteiger partial charge on any atom is -0.325 e. The average molecular weight is 389 g/mol. The Morgan fingerprint density at radius 1 is 1.46 bits per heavy atom. The number of pyridine rings is 1. The third-order valence-electron chi connectivity index (χ3n) is 4.23. The van der Waals surface area contributed by atoms with Crippen LogP contribution < -0.4 is 10.6 Å². The summed E-state index contributed by atoms with van der Waals surface area (Å²) in [6.45, 7) is 4.92. The molecule has 5 nitrogen and oxygen atoms in total. The van der Waals surface area contributed by atoms with Gasteiger partial charge in [-0.25, -0.2) is 0 Å². The van der Waals surface area contributed by atoms with E-state index in [0.29, 0.717) is 6.54 Å². The van der Waals surface area contributed by atoms with Gasteiger partial charge in [-0.05, 0) is 42.3 Å². The number of hydrogen-bond donors (Lipinski definition) is 2. The summed E-state index contributed by atoms with van der Waals surface area (Å²) in [6, 6.07) is 10.0. The highest BCUT2D eigenvalue weighted by atomic mass is 79.9. The molecule has 1 aliphatic heterocycles. The molecule has 1 atom stereocenters. The molecular formula is C18H21BrN4O. The SMILES string of the molecule is Cc1cc(Br)ccc1NC(=O)CN1CCNCC1c1cccnc1. The highest BCUT2D eigenvalue weighted by molar-refractivity contribution is 9.10. The average Bonchev–Trinajstić information content (AvgIpc) is 2.59. The summed E-state index contributed by atoms with van der Waals surface area (Å²) in [7, 11) is 0. The van der Waals surface area contributed by atoms with Crippen LogP contribution >= 0.6 is 15.9 Å². The quantitative estimate of drug-likeness (QED) is 0.845. The lowest BCUT2D eigenvalue weighted by Gasteiger charge is -2.35. The van der Waals surface area contributed by atoms with Crippen LogP contribution in [0.1, 0.15) is 17.2 Å². The molecule has 0 aliphatic carbocycles. The van der Waals surface area contributed by atoms with Crippen LogP contribution in [-0.4, -0.2) is 42.0 Å². The number of carbonyl (C=O) groups is 1. The number of piperazine rings is 1. The molecule has 2 heterocycles. The molecule has 2 aromatic rings. The van der Waals surface area contributed by atoms with Crippen molar-refractivity contribution in [2.45, 2.75) is 13.0 Å².